The average Bonchev–Trinajstić information content (AvgIpc) is 2.53. The molecule has 1 amide bonds. The highest BCUT2D eigenvalue weighted by Crippen LogP contribution is 2.17. The molecule has 1 atom stereocenters. The first-order chi connectivity index (χ1) is 10.2. The van der Waals surface area contributed by atoms with E-state index >= 15 is 0 Å². The van der Waals surface area contributed by atoms with Crippen LogP contribution in [0.4, 0.5) is 0 Å². The Labute approximate surface area is 129 Å². The maximum absolute atomic E-state index is 12.1. The summed E-state index contributed by atoms with van der Waals surface area (Å²) in [4.78, 5) is 16.3. The molecule has 0 saturated carbocycles. The minimum Gasteiger partial charge on any atom is -0.481 e. The molecule has 0 bridgehead atoms. The van der Waals surface area contributed by atoms with Crippen LogP contribution in [0.25, 0.3) is 0 Å². The molecule has 0 aliphatic carbocycles. The Morgan fingerprint density at radius 3 is 2.67 bits per heavy atom. The number of hydrogen-bond donors (Lipinski definition) is 1. The number of amides is 1. The number of rotatable bonds is 6. The van der Waals surface area contributed by atoms with Crippen molar-refractivity contribution >= 4 is 17.5 Å². The molecule has 110 valence electrons. The van der Waals surface area contributed by atoms with Gasteiger partial charge < -0.3 is 10.1 Å². The first-order valence-corrected chi connectivity index (χ1v) is 7.16. The molecule has 2 rings (SSSR count). The van der Waals surface area contributed by atoms with Crippen LogP contribution in [0.5, 0.6) is 5.75 Å². The second kappa shape index (κ2) is 7.64. The quantitative estimate of drug-likeness (QED) is 0.891. The lowest BCUT2D eigenvalue weighted by Gasteiger charge is -2.17. The summed E-state index contributed by atoms with van der Waals surface area (Å²) in [5, 5.41) is 3.46. The molecule has 1 aromatic carbocycles. The molecule has 0 spiro atoms. The molecule has 0 radical (unpaired) electrons. The van der Waals surface area contributed by atoms with Gasteiger partial charge in [0.1, 0.15) is 5.75 Å². The molecule has 4 nitrogen and oxygen atoms in total. The third kappa shape index (κ3) is 4.76. The van der Waals surface area contributed by atoms with Gasteiger partial charge in [-0.2, -0.15) is 0 Å². The molecular formula is C16H17ClN2O2. The van der Waals surface area contributed by atoms with E-state index in [-0.39, 0.29) is 5.91 Å². The van der Waals surface area contributed by atoms with Crippen LogP contribution in [-0.4, -0.2) is 17.0 Å². The Morgan fingerprint density at radius 1 is 1.29 bits per heavy atom. The number of carbonyl (C=O) groups is 1. The third-order valence-electron chi connectivity index (χ3n) is 2.93. The van der Waals surface area contributed by atoms with Crippen LogP contribution >= 0.6 is 11.6 Å². The van der Waals surface area contributed by atoms with Gasteiger partial charge in [-0.1, -0.05) is 24.6 Å². The predicted octanol–water partition coefficient (Wildman–Crippen LogP) is 3.21. The molecule has 2 aromatic rings. The van der Waals surface area contributed by atoms with Gasteiger partial charge in [0.05, 0.1) is 12.2 Å². The average molecular weight is 305 g/mol. The van der Waals surface area contributed by atoms with Gasteiger partial charge in [0, 0.05) is 11.2 Å². The number of hydrogen-bond acceptors (Lipinski definition) is 3. The third-order valence-corrected chi connectivity index (χ3v) is 3.18. The fraction of sp³-hybridized carbons (Fsp3) is 0.250. The van der Waals surface area contributed by atoms with Gasteiger partial charge in [-0.15, -0.1) is 0 Å². The highest BCUT2D eigenvalue weighted by atomic mass is 35.5. The highest BCUT2D eigenvalue weighted by molar-refractivity contribution is 6.30. The van der Waals surface area contributed by atoms with Gasteiger partial charge in [0.25, 0.3) is 5.91 Å². The molecule has 0 aliphatic heterocycles. The van der Waals surface area contributed by atoms with Crippen molar-refractivity contribution in [1.29, 1.82) is 0 Å². The number of nitrogens with one attached hydrogen (secondary N) is 1. The van der Waals surface area contributed by atoms with E-state index in [9.17, 15) is 4.79 Å². The van der Waals surface area contributed by atoms with Crippen LogP contribution in [0.3, 0.4) is 0 Å². The lowest BCUT2D eigenvalue weighted by Crippen LogP contribution is -2.37. The molecule has 0 fully saturated rings. The van der Waals surface area contributed by atoms with Crippen LogP contribution in [-0.2, 0) is 11.3 Å². The number of benzene rings is 1. The maximum Gasteiger partial charge on any atom is 0.261 e. The summed E-state index contributed by atoms with van der Waals surface area (Å²) in [7, 11) is 0. The molecule has 1 N–H and O–H groups in total. The van der Waals surface area contributed by atoms with Gasteiger partial charge >= 0.3 is 0 Å². The highest BCUT2D eigenvalue weighted by Gasteiger charge is 2.18. The van der Waals surface area contributed by atoms with Crippen LogP contribution in [0.1, 0.15) is 19.0 Å². The van der Waals surface area contributed by atoms with Crippen molar-refractivity contribution in [3.63, 3.8) is 0 Å². The SMILES string of the molecule is CC[C@H](Oc1ccc(Cl)cc1)C(=O)NCc1ccccn1. The fourth-order valence-corrected chi connectivity index (χ4v) is 1.92. The molecule has 0 unspecified atom stereocenters. The zero-order valence-corrected chi connectivity index (χ0v) is 12.5. The van der Waals surface area contributed by atoms with Gasteiger partial charge in [-0.25, -0.2) is 0 Å². The Kier molecular flexibility index (Phi) is 5.58. The minimum absolute atomic E-state index is 0.155. The summed E-state index contributed by atoms with van der Waals surface area (Å²) in [5.74, 6) is 0.470. The van der Waals surface area contributed by atoms with Crippen molar-refractivity contribution in [2.45, 2.75) is 26.0 Å². The summed E-state index contributed by atoms with van der Waals surface area (Å²) in [6.07, 6.45) is 1.74. The van der Waals surface area contributed by atoms with Gasteiger partial charge in [0.2, 0.25) is 0 Å². The van der Waals surface area contributed by atoms with Crippen LogP contribution in [0, 0.1) is 0 Å². The van der Waals surface area contributed by atoms with Crippen LogP contribution in [0.2, 0.25) is 5.02 Å². The summed E-state index contributed by atoms with van der Waals surface area (Å²) in [6, 6.07) is 12.5. The fourth-order valence-electron chi connectivity index (χ4n) is 1.79. The number of pyridine rings is 1. The molecule has 0 saturated heterocycles. The Balaban J connectivity index is 1.90. The number of carbonyl (C=O) groups excluding carboxylic acids is 1. The van der Waals surface area contributed by atoms with Crippen LogP contribution in [0.15, 0.2) is 48.7 Å². The van der Waals surface area contributed by atoms with E-state index < -0.39 is 6.10 Å². The lowest BCUT2D eigenvalue weighted by molar-refractivity contribution is -0.128. The Hall–Kier alpha value is -2.07. The number of aromatic nitrogens is 1. The number of nitrogens with zero attached hydrogens (tertiary/aromatic N) is 1. The van der Waals surface area contributed by atoms with E-state index in [0.29, 0.717) is 23.7 Å². The summed E-state index contributed by atoms with van der Waals surface area (Å²) >= 11 is 5.82. The molecule has 21 heavy (non-hydrogen) atoms. The first-order valence-electron chi connectivity index (χ1n) is 6.79. The second-order valence-corrected chi connectivity index (χ2v) is 4.94. The molecular weight excluding hydrogens is 288 g/mol. The normalized spacial score (nSPS) is 11.7. The summed E-state index contributed by atoms with van der Waals surface area (Å²) < 4.78 is 5.68. The van der Waals surface area contributed by atoms with Gasteiger partial charge in [0.15, 0.2) is 6.10 Å². The second-order valence-electron chi connectivity index (χ2n) is 4.51. The number of halogens is 1. The zero-order chi connectivity index (χ0) is 15.1. The van der Waals surface area contributed by atoms with Crippen LogP contribution < -0.4 is 10.1 Å². The molecule has 5 heteroatoms. The lowest BCUT2D eigenvalue weighted by atomic mass is 10.2. The van der Waals surface area contributed by atoms with Gasteiger partial charge in [-0.3, -0.25) is 9.78 Å². The van der Waals surface area contributed by atoms with Crippen molar-refractivity contribution in [2.75, 3.05) is 0 Å². The van der Waals surface area contributed by atoms with Crippen molar-refractivity contribution in [3.8, 4) is 5.75 Å². The summed E-state index contributed by atoms with van der Waals surface area (Å²) in [6.45, 7) is 2.29. The minimum atomic E-state index is -0.533. The molecule has 1 aromatic heterocycles. The Bertz CT molecular complexity index is 573. The van der Waals surface area contributed by atoms with E-state index in [2.05, 4.69) is 10.3 Å². The van der Waals surface area contributed by atoms with E-state index in [1.54, 1.807) is 30.5 Å². The largest absolute Gasteiger partial charge is 0.481 e. The standard InChI is InChI=1S/C16H17ClN2O2/c1-2-15(21-14-8-6-12(17)7-9-14)16(20)19-11-13-5-3-4-10-18-13/h3-10,15H,2,11H2,1H3,(H,19,20)/t15-/m0/s1. The maximum atomic E-state index is 12.1. The van der Waals surface area contributed by atoms with Crippen molar-refractivity contribution in [2.24, 2.45) is 0 Å². The van der Waals surface area contributed by atoms with E-state index in [4.69, 9.17) is 16.3 Å². The van der Waals surface area contributed by atoms with Crippen molar-refractivity contribution < 1.29 is 9.53 Å². The van der Waals surface area contributed by atoms with Crippen molar-refractivity contribution in [1.82, 2.24) is 10.3 Å². The molecule has 0 aliphatic rings. The number of ether oxygens (including phenoxy) is 1. The van der Waals surface area contributed by atoms with Gasteiger partial charge in [-0.05, 0) is 42.8 Å². The summed E-state index contributed by atoms with van der Waals surface area (Å²) in [5.41, 5.74) is 0.812. The topological polar surface area (TPSA) is 51.2 Å². The smallest absolute Gasteiger partial charge is 0.261 e. The van der Waals surface area contributed by atoms with Crippen molar-refractivity contribution in [3.05, 3.63) is 59.4 Å². The van der Waals surface area contributed by atoms with E-state index in [1.165, 1.54) is 0 Å². The van der Waals surface area contributed by atoms with E-state index in [1.807, 2.05) is 25.1 Å². The Morgan fingerprint density at radius 2 is 2.05 bits per heavy atom. The zero-order valence-electron chi connectivity index (χ0n) is 11.8. The molecule has 1 heterocycles. The monoisotopic (exact) mass is 304 g/mol. The predicted molar refractivity (Wildman–Crippen MR) is 82.2 cm³/mol. The van der Waals surface area contributed by atoms with E-state index in [0.717, 1.165) is 5.69 Å². The first kappa shape index (κ1) is 15.3.